The van der Waals surface area contributed by atoms with Crippen molar-refractivity contribution in [2.45, 2.75) is 45.6 Å². The molecule has 0 aliphatic rings. The van der Waals surface area contributed by atoms with E-state index in [0.29, 0.717) is 12.8 Å². The van der Waals surface area contributed by atoms with Crippen LogP contribution in [-0.2, 0) is 16.0 Å². The Morgan fingerprint density at radius 3 is 2.33 bits per heavy atom. The third kappa shape index (κ3) is 5.06. The first kappa shape index (κ1) is 17.0. The number of rotatable bonds is 7. The van der Waals surface area contributed by atoms with E-state index in [4.69, 9.17) is 0 Å². The number of amides is 1. The van der Waals surface area contributed by atoms with Gasteiger partial charge in [0, 0.05) is 6.08 Å². The molecule has 0 saturated heterocycles. The Kier molecular flexibility index (Phi) is 6.15. The van der Waals surface area contributed by atoms with Crippen molar-refractivity contribution in [3.05, 3.63) is 41.5 Å². The van der Waals surface area contributed by atoms with E-state index in [1.165, 1.54) is 18.6 Å². The van der Waals surface area contributed by atoms with Gasteiger partial charge < -0.3 is 10.4 Å². The Morgan fingerprint density at radius 2 is 1.86 bits per heavy atom. The standard InChI is InChI=1S/C17H23NO3/c1-4-12-17(3,16(20)21)18-15(19)11-10-14-8-6-13(5-2)7-9-14/h6-11H,4-5,12H2,1-3H3,(H,18,19)(H,20,21)/b11-10+. The van der Waals surface area contributed by atoms with Gasteiger partial charge in [-0.2, -0.15) is 0 Å². The van der Waals surface area contributed by atoms with Gasteiger partial charge in [-0.05, 0) is 37.0 Å². The molecule has 4 heteroatoms. The third-order valence-electron chi connectivity index (χ3n) is 3.44. The van der Waals surface area contributed by atoms with E-state index >= 15 is 0 Å². The van der Waals surface area contributed by atoms with Crippen LogP contribution in [0.25, 0.3) is 6.08 Å². The van der Waals surface area contributed by atoms with Crippen LogP contribution < -0.4 is 5.32 Å². The molecule has 0 bridgehead atoms. The van der Waals surface area contributed by atoms with Crippen LogP contribution >= 0.6 is 0 Å². The molecule has 0 aromatic heterocycles. The molecule has 0 fully saturated rings. The average Bonchev–Trinajstić information content (AvgIpc) is 2.45. The molecule has 0 radical (unpaired) electrons. The lowest BCUT2D eigenvalue weighted by Crippen LogP contribution is -2.51. The maximum Gasteiger partial charge on any atom is 0.329 e. The van der Waals surface area contributed by atoms with Gasteiger partial charge in [-0.15, -0.1) is 0 Å². The molecule has 0 heterocycles. The molecule has 1 aromatic rings. The predicted molar refractivity (Wildman–Crippen MR) is 83.9 cm³/mol. The number of aliphatic carboxylic acids is 1. The minimum atomic E-state index is -1.22. The molecule has 1 aromatic carbocycles. The van der Waals surface area contributed by atoms with Crippen LogP contribution in [0.15, 0.2) is 30.3 Å². The van der Waals surface area contributed by atoms with Crippen molar-refractivity contribution in [1.82, 2.24) is 5.32 Å². The van der Waals surface area contributed by atoms with Crippen molar-refractivity contribution in [2.24, 2.45) is 0 Å². The van der Waals surface area contributed by atoms with E-state index in [0.717, 1.165) is 12.0 Å². The van der Waals surface area contributed by atoms with Gasteiger partial charge in [0.1, 0.15) is 5.54 Å². The summed E-state index contributed by atoms with van der Waals surface area (Å²) < 4.78 is 0. The van der Waals surface area contributed by atoms with Crippen LogP contribution in [0.4, 0.5) is 0 Å². The van der Waals surface area contributed by atoms with E-state index in [1.54, 1.807) is 6.08 Å². The number of carbonyl (C=O) groups excluding carboxylic acids is 1. The summed E-state index contributed by atoms with van der Waals surface area (Å²) in [6, 6.07) is 7.89. The Balaban J connectivity index is 2.70. The first-order valence-electron chi connectivity index (χ1n) is 7.24. The Morgan fingerprint density at radius 1 is 1.24 bits per heavy atom. The fourth-order valence-electron chi connectivity index (χ4n) is 2.07. The summed E-state index contributed by atoms with van der Waals surface area (Å²) >= 11 is 0. The number of hydrogen-bond donors (Lipinski definition) is 2. The van der Waals surface area contributed by atoms with Crippen LogP contribution in [-0.4, -0.2) is 22.5 Å². The summed E-state index contributed by atoms with van der Waals surface area (Å²) in [4.78, 5) is 23.1. The zero-order valence-corrected chi connectivity index (χ0v) is 12.8. The van der Waals surface area contributed by atoms with Crippen LogP contribution in [0.2, 0.25) is 0 Å². The molecule has 1 amide bonds. The van der Waals surface area contributed by atoms with Gasteiger partial charge in [0.2, 0.25) is 5.91 Å². The van der Waals surface area contributed by atoms with Crippen LogP contribution in [0, 0.1) is 0 Å². The molecule has 4 nitrogen and oxygen atoms in total. The summed E-state index contributed by atoms with van der Waals surface area (Å²) in [5, 5.41) is 11.8. The highest BCUT2D eigenvalue weighted by Crippen LogP contribution is 2.13. The van der Waals surface area contributed by atoms with Crippen molar-refractivity contribution in [3.8, 4) is 0 Å². The molecule has 114 valence electrons. The topological polar surface area (TPSA) is 66.4 Å². The maximum absolute atomic E-state index is 11.9. The fraction of sp³-hybridized carbons (Fsp3) is 0.412. The second-order valence-electron chi connectivity index (χ2n) is 5.30. The molecule has 0 saturated carbocycles. The fourth-order valence-corrected chi connectivity index (χ4v) is 2.07. The number of carbonyl (C=O) groups is 2. The number of nitrogens with one attached hydrogen (secondary N) is 1. The third-order valence-corrected chi connectivity index (χ3v) is 3.44. The molecule has 2 N–H and O–H groups in total. The van der Waals surface area contributed by atoms with Crippen LogP contribution in [0.1, 0.15) is 44.7 Å². The predicted octanol–water partition coefficient (Wildman–Crippen LogP) is 3.02. The van der Waals surface area contributed by atoms with Crippen molar-refractivity contribution in [2.75, 3.05) is 0 Å². The summed E-state index contributed by atoms with van der Waals surface area (Å²) in [5.41, 5.74) is 0.926. The molecule has 1 rings (SSSR count). The minimum absolute atomic E-state index is 0.395. The summed E-state index contributed by atoms with van der Waals surface area (Å²) in [6.45, 7) is 5.50. The zero-order chi connectivity index (χ0) is 15.9. The van der Waals surface area contributed by atoms with Crippen LogP contribution in [0.3, 0.4) is 0 Å². The summed E-state index contributed by atoms with van der Waals surface area (Å²) in [6.07, 6.45) is 5.11. The van der Waals surface area contributed by atoms with E-state index in [-0.39, 0.29) is 0 Å². The lowest BCUT2D eigenvalue weighted by Gasteiger charge is -2.24. The highest BCUT2D eigenvalue weighted by molar-refractivity contribution is 5.95. The number of hydrogen-bond acceptors (Lipinski definition) is 2. The van der Waals surface area contributed by atoms with Crippen LogP contribution in [0.5, 0.6) is 0 Å². The van der Waals surface area contributed by atoms with Crippen molar-refractivity contribution in [3.63, 3.8) is 0 Å². The molecule has 1 unspecified atom stereocenters. The largest absolute Gasteiger partial charge is 0.480 e. The average molecular weight is 289 g/mol. The summed E-state index contributed by atoms with van der Waals surface area (Å²) in [5.74, 6) is -1.41. The van der Waals surface area contributed by atoms with Gasteiger partial charge >= 0.3 is 5.97 Å². The maximum atomic E-state index is 11.9. The second kappa shape index (κ2) is 7.62. The molecule has 21 heavy (non-hydrogen) atoms. The number of aryl methyl sites for hydroxylation is 1. The minimum Gasteiger partial charge on any atom is -0.480 e. The molecular formula is C17H23NO3. The van der Waals surface area contributed by atoms with E-state index in [1.807, 2.05) is 31.2 Å². The zero-order valence-electron chi connectivity index (χ0n) is 12.8. The molecule has 1 atom stereocenters. The van der Waals surface area contributed by atoms with Crippen molar-refractivity contribution in [1.29, 1.82) is 0 Å². The Labute approximate surface area is 125 Å². The van der Waals surface area contributed by atoms with Gasteiger partial charge in [0.05, 0.1) is 0 Å². The number of carboxylic acid groups (broad SMARTS) is 1. The van der Waals surface area contributed by atoms with Gasteiger partial charge in [-0.25, -0.2) is 4.79 Å². The quantitative estimate of drug-likeness (QED) is 0.758. The first-order valence-corrected chi connectivity index (χ1v) is 7.24. The van der Waals surface area contributed by atoms with Crippen molar-refractivity contribution >= 4 is 18.0 Å². The normalized spacial score (nSPS) is 13.9. The van der Waals surface area contributed by atoms with E-state index in [9.17, 15) is 14.7 Å². The number of carboxylic acids is 1. The van der Waals surface area contributed by atoms with Gasteiger partial charge in [-0.1, -0.05) is 44.5 Å². The lowest BCUT2D eigenvalue weighted by molar-refractivity contribution is -0.146. The Bertz CT molecular complexity index is 519. The molecule has 0 spiro atoms. The van der Waals surface area contributed by atoms with Gasteiger partial charge in [0.25, 0.3) is 0 Å². The van der Waals surface area contributed by atoms with E-state index < -0.39 is 17.4 Å². The molecule has 0 aliphatic heterocycles. The number of benzene rings is 1. The highest BCUT2D eigenvalue weighted by atomic mass is 16.4. The SMILES string of the molecule is CCCC(C)(NC(=O)/C=C/c1ccc(CC)cc1)C(=O)O. The molecule has 0 aliphatic carbocycles. The van der Waals surface area contributed by atoms with Gasteiger partial charge in [0.15, 0.2) is 0 Å². The van der Waals surface area contributed by atoms with Gasteiger partial charge in [-0.3, -0.25) is 4.79 Å². The molecular weight excluding hydrogens is 266 g/mol. The first-order chi connectivity index (χ1) is 9.91. The monoisotopic (exact) mass is 289 g/mol. The second-order valence-corrected chi connectivity index (χ2v) is 5.30. The Hall–Kier alpha value is -2.10. The van der Waals surface area contributed by atoms with E-state index in [2.05, 4.69) is 12.2 Å². The lowest BCUT2D eigenvalue weighted by atomic mass is 9.96. The smallest absolute Gasteiger partial charge is 0.329 e. The van der Waals surface area contributed by atoms with Crippen molar-refractivity contribution < 1.29 is 14.7 Å². The summed E-state index contributed by atoms with van der Waals surface area (Å²) in [7, 11) is 0. The highest BCUT2D eigenvalue weighted by Gasteiger charge is 2.33.